The monoisotopic (exact) mass is 260 g/mol. The molecule has 2 aromatic rings. The van der Waals surface area contributed by atoms with Crippen LogP contribution in [0, 0.1) is 6.92 Å². The summed E-state index contributed by atoms with van der Waals surface area (Å²) in [5.41, 5.74) is 2.28. The summed E-state index contributed by atoms with van der Waals surface area (Å²) in [5.74, 6) is 0.102. The van der Waals surface area contributed by atoms with Crippen LogP contribution >= 0.6 is 0 Å². The Hall–Kier alpha value is -2.07. The van der Waals surface area contributed by atoms with Crippen LogP contribution < -0.4 is 0 Å². The summed E-state index contributed by atoms with van der Waals surface area (Å²) in [5, 5.41) is 0. The van der Waals surface area contributed by atoms with Gasteiger partial charge in [0.15, 0.2) is 0 Å². The molecule has 1 aromatic heterocycles. The molecular formula is C15H16O4. The van der Waals surface area contributed by atoms with Crippen molar-refractivity contribution in [1.82, 2.24) is 0 Å². The Labute approximate surface area is 111 Å². The lowest BCUT2D eigenvalue weighted by atomic mass is 10.1. The van der Waals surface area contributed by atoms with E-state index in [1.165, 1.54) is 13.4 Å². The van der Waals surface area contributed by atoms with E-state index in [0.717, 1.165) is 11.1 Å². The molecule has 0 fully saturated rings. The Morgan fingerprint density at radius 2 is 1.95 bits per heavy atom. The second kappa shape index (κ2) is 6.20. The number of carbonyl (C=O) groups excluding carboxylic acids is 1. The third-order valence-corrected chi connectivity index (χ3v) is 2.79. The van der Waals surface area contributed by atoms with Crippen LogP contribution in [-0.4, -0.2) is 13.1 Å². The quantitative estimate of drug-likeness (QED) is 0.775. The van der Waals surface area contributed by atoms with E-state index in [2.05, 4.69) is 0 Å². The number of benzene rings is 1. The second-order valence-corrected chi connectivity index (χ2v) is 4.19. The molecule has 4 heteroatoms. The molecule has 0 aliphatic carbocycles. The largest absolute Gasteiger partial charge is 0.466 e. The fraction of sp³-hybridized carbons (Fsp3) is 0.267. The maximum absolute atomic E-state index is 11.6. The number of esters is 1. The number of carbonyl (C=O) groups is 1. The third-order valence-electron chi connectivity index (χ3n) is 2.79. The minimum absolute atomic E-state index is 0.243. The first-order chi connectivity index (χ1) is 9.22. The second-order valence-electron chi connectivity index (χ2n) is 4.19. The van der Waals surface area contributed by atoms with Crippen molar-refractivity contribution in [3.8, 4) is 0 Å². The van der Waals surface area contributed by atoms with Crippen LogP contribution in [0.15, 0.2) is 41.0 Å². The van der Waals surface area contributed by atoms with Gasteiger partial charge in [0.1, 0.15) is 17.9 Å². The molecule has 0 saturated carbocycles. The van der Waals surface area contributed by atoms with Crippen LogP contribution in [0.3, 0.4) is 0 Å². The zero-order valence-electron chi connectivity index (χ0n) is 11.0. The number of hydrogen-bond acceptors (Lipinski definition) is 4. The van der Waals surface area contributed by atoms with Gasteiger partial charge in [-0.3, -0.25) is 0 Å². The van der Waals surface area contributed by atoms with Crippen molar-refractivity contribution in [3.63, 3.8) is 0 Å². The van der Waals surface area contributed by atoms with Gasteiger partial charge in [0.05, 0.1) is 20.0 Å². The van der Waals surface area contributed by atoms with Crippen LogP contribution in [0.2, 0.25) is 0 Å². The molecule has 100 valence electrons. The summed E-state index contributed by atoms with van der Waals surface area (Å²) in [6.07, 6.45) is 1.54. The van der Waals surface area contributed by atoms with E-state index in [-0.39, 0.29) is 6.61 Å². The van der Waals surface area contributed by atoms with Crippen LogP contribution in [-0.2, 0) is 22.7 Å². The van der Waals surface area contributed by atoms with Gasteiger partial charge in [-0.1, -0.05) is 30.3 Å². The number of furan rings is 1. The highest BCUT2D eigenvalue weighted by atomic mass is 16.5. The van der Waals surface area contributed by atoms with Gasteiger partial charge < -0.3 is 13.9 Å². The van der Waals surface area contributed by atoms with E-state index in [9.17, 15) is 4.79 Å². The number of hydrogen-bond donors (Lipinski definition) is 0. The lowest BCUT2D eigenvalue weighted by Crippen LogP contribution is -2.06. The normalized spacial score (nSPS) is 10.4. The summed E-state index contributed by atoms with van der Waals surface area (Å²) in [4.78, 5) is 11.6. The van der Waals surface area contributed by atoms with Gasteiger partial charge in [-0.05, 0) is 12.5 Å². The zero-order valence-corrected chi connectivity index (χ0v) is 11.0. The maximum Gasteiger partial charge on any atom is 0.341 e. The molecule has 0 radical (unpaired) electrons. The number of rotatable bonds is 5. The molecule has 0 aliphatic rings. The van der Waals surface area contributed by atoms with E-state index in [0.29, 0.717) is 17.9 Å². The van der Waals surface area contributed by atoms with Gasteiger partial charge in [-0.25, -0.2) is 4.79 Å². The predicted octanol–water partition coefficient (Wildman–Crippen LogP) is 3.09. The fourth-order valence-electron chi connectivity index (χ4n) is 1.82. The molecular weight excluding hydrogens is 244 g/mol. The van der Waals surface area contributed by atoms with Crippen LogP contribution in [0.4, 0.5) is 0 Å². The first kappa shape index (κ1) is 13.4. The summed E-state index contributed by atoms with van der Waals surface area (Å²) in [7, 11) is 1.35. The van der Waals surface area contributed by atoms with Gasteiger partial charge in [0, 0.05) is 5.56 Å². The van der Waals surface area contributed by atoms with Crippen molar-refractivity contribution in [2.75, 3.05) is 7.11 Å². The zero-order chi connectivity index (χ0) is 13.7. The Morgan fingerprint density at radius 1 is 1.21 bits per heavy atom. The van der Waals surface area contributed by atoms with Gasteiger partial charge in [-0.15, -0.1) is 0 Å². The van der Waals surface area contributed by atoms with Crippen LogP contribution in [0.25, 0.3) is 0 Å². The maximum atomic E-state index is 11.6. The molecule has 0 spiro atoms. The van der Waals surface area contributed by atoms with Crippen molar-refractivity contribution in [2.24, 2.45) is 0 Å². The van der Waals surface area contributed by atoms with Crippen molar-refractivity contribution < 1.29 is 18.7 Å². The molecule has 1 aromatic carbocycles. The average Bonchev–Trinajstić information content (AvgIpc) is 2.80. The molecule has 0 bridgehead atoms. The smallest absolute Gasteiger partial charge is 0.341 e. The molecule has 1 heterocycles. The van der Waals surface area contributed by atoms with Crippen molar-refractivity contribution >= 4 is 5.97 Å². The van der Waals surface area contributed by atoms with Crippen LogP contribution in [0.1, 0.15) is 27.2 Å². The van der Waals surface area contributed by atoms with E-state index in [1.807, 2.05) is 30.3 Å². The molecule has 2 rings (SSSR count). The Kier molecular flexibility index (Phi) is 4.36. The van der Waals surface area contributed by atoms with E-state index < -0.39 is 5.97 Å². The van der Waals surface area contributed by atoms with Crippen molar-refractivity contribution in [2.45, 2.75) is 20.1 Å². The minimum atomic E-state index is -0.399. The minimum Gasteiger partial charge on any atom is -0.466 e. The molecule has 0 amide bonds. The fourth-order valence-corrected chi connectivity index (χ4v) is 1.82. The Balaban J connectivity index is 1.98. The van der Waals surface area contributed by atoms with Gasteiger partial charge >= 0.3 is 5.97 Å². The molecule has 0 unspecified atom stereocenters. The topological polar surface area (TPSA) is 48.7 Å². The third kappa shape index (κ3) is 3.23. The molecule has 0 N–H and O–H groups in total. The lowest BCUT2D eigenvalue weighted by molar-refractivity contribution is 0.0580. The predicted molar refractivity (Wildman–Crippen MR) is 69.7 cm³/mol. The standard InChI is InChI=1S/C15H16O4/c1-11-8-19-13(14(11)15(16)17-2)10-18-9-12-6-4-3-5-7-12/h3-8H,9-10H2,1-2H3. The molecule has 0 saturated heterocycles. The van der Waals surface area contributed by atoms with E-state index in [4.69, 9.17) is 13.9 Å². The Bertz CT molecular complexity index is 543. The summed E-state index contributed by atoms with van der Waals surface area (Å²) < 4.78 is 15.6. The van der Waals surface area contributed by atoms with Crippen LogP contribution in [0.5, 0.6) is 0 Å². The number of methoxy groups -OCH3 is 1. The number of ether oxygens (including phenoxy) is 2. The van der Waals surface area contributed by atoms with Gasteiger partial charge in [0.2, 0.25) is 0 Å². The van der Waals surface area contributed by atoms with E-state index >= 15 is 0 Å². The first-order valence-corrected chi connectivity index (χ1v) is 5.99. The Morgan fingerprint density at radius 3 is 2.63 bits per heavy atom. The highest BCUT2D eigenvalue weighted by Crippen LogP contribution is 2.19. The summed E-state index contributed by atoms with van der Waals surface area (Å²) in [6, 6.07) is 9.82. The summed E-state index contributed by atoms with van der Waals surface area (Å²) >= 11 is 0. The SMILES string of the molecule is COC(=O)c1c(C)coc1COCc1ccccc1. The molecule has 4 nitrogen and oxygen atoms in total. The first-order valence-electron chi connectivity index (χ1n) is 5.99. The molecule has 19 heavy (non-hydrogen) atoms. The van der Waals surface area contributed by atoms with Crippen molar-refractivity contribution in [1.29, 1.82) is 0 Å². The average molecular weight is 260 g/mol. The highest BCUT2D eigenvalue weighted by molar-refractivity contribution is 5.91. The molecule has 0 atom stereocenters. The molecule has 0 aliphatic heterocycles. The lowest BCUT2D eigenvalue weighted by Gasteiger charge is -2.04. The van der Waals surface area contributed by atoms with Gasteiger partial charge in [0.25, 0.3) is 0 Å². The van der Waals surface area contributed by atoms with Gasteiger partial charge in [-0.2, -0.15) is 0 Å². The van der Waals surface area contributed by atoms with Crippen molar-refractivity contribution in [3.05, 3.63) is 59.0 Å². The number of aryl methyl sites for hydroxylation is 1. The highest BCUT2D eigenvalue weighted by Gasteiger charge is 2.18. The summed E-state index contributed by atoms with van der Waals surface area (Å²) in [6.45, 7) is 2.52. The van der Waals surface area contributed by atoms with E-state index in [1.54, 1.807) is 6.92 Å².